The molecule has 1 atom stereocenters. The summed E-state index contributed by atoms with van der Waals surface area (Å²) in [6.45, 7) is 0. The molecule has 77 valence electrons. The Morgan fingerprint density at radius 3 is 2.44 bits per heavy atom. The lowest BCUT2D eigenvalue weighted by Crippen LogP contribution is -2.80. The molecule has 2 aromatic rings. The molecule has 1 radical (unpaired) electrons. The SMILES string of the molecule is C1=Cc2ccccc2C(c2ccccc2)[NH+]1. The highest BCUT2D eigenvalue weighted by molar-refractivity contribution is 5.56. The highest BCUT2D eigenvalue weighted by Crippen LogP contribution is 2.24. The highest BCUT2D eigenvalue weighted by Gasteiger charge is 2.24. The molecule has 16 heavy (non-hydrogen) atoms. The molecular weight excluding hydrogens is 194 g/mol. The summed E-state index contributed by atoms with van der Waals surface area (Å²) in [7, 11) is 0. The lowest BCUT2D eigenvalue weighted by Gasteiger charge is -2.16. The van der Waals surface area contributed by atoms with Gasteiger partial charge in [0.05, 0.1) is 0 Å². The van der Waals surface area contributed by atoms with Crippen LogP contribution in [0.4, 0.5) is 0 Å². The van der Waals surface area contributed by atoms with Gasteiger partial charge in [0.25, 0.3) is 0 Å². The second-order valence-corrected chi connectivity index (χ2v) is 3.97. The molecule has 1 aliphatic heterocycles. The van der Waals surface area contributed by atoms with E-state index in [1.165, 1.54) is 16.7 Å². The molecule has 3 rings (SSSR count). The van der Waals surface area contributed by atoms with Gasteiger partial charge in [-0.25, -0.2) is 0 Å². The third kappa shape index (κ3) is 1.55. The predicted molar refractivity (Wildman–Crippen MR) is 64.7 cm³/mol. The maximum atomic E-state index is 3.41. The number of rotatable bonds is 1. The summed E-state index contributed by atoms with van der Waals surface area (Å²) in [6, 6.07) is 19.3. The van der Waals surface area contributed by atoms with Gasteiger partial charge in [-0.15, -0.1) is 5.32 Å². The number of hydrogen-bond acceptors (Lipinski definition) is 1. The topological polar surface area (TPSA) is 15.6 Å². The van der Waals surface area contributed by atoms with Gasteiger partial charge in [0, 0.05) is 17.2 Å². The third-order valence-electron chi connectivity index (χ3n) is 2.97. The van der Waals surface area contributed by atoms with Gasteiger partial charge in [0.1, 0.15) is 6.20 Å². The van der Waals surface area contributed by atoms with Crippen LogP contribution in [0.2, 0.25) is 0 Å². The Balaban J connectivity index is 2.09. The number of benzene rings is 2. The molecule has 1 heterocycles. The zero-order valence-corrected chi connectivity index (χ0v) is 8.93. The molecule has 0 fully saturated rings. The Morgan fingerprint density at radius 1 is 0.812 bits per heavy atom. The third-order valence-corrected chi connectivity index (χ3v) is 2.97. The molecule has 1 heteroatoms. The molecule has 0 aliphatic carbocycles. The minimum Gasteiger partial charge on any atom is -0.142 e. The molecule has 0 saturated heterocycles. The van der Waals surface area contributed by atoms with Crippen molar-refractivity contribution in [3.05, 3.63) is 77.5 Å². The van der Waals surface area contributed by atoms with Crippen molar-refractivity contribution in [2.45, 2.75) is 6.04 Å². The van der Waals surface area contributed by atoms with Crippen molar-refractivity contribution >= 4 is 6.08 Å². The van der Waals surface area contributed by atoms with Crippen LogP contribution in [0.1, 0.15) is 22.7 Å². The molecule has 2 aromatic carbocycles. The zero-order valence-electron chi connectivity index (χ0n) is 8.93. The first-order chi connectivity index (χ1) is 7.95. The first-order valence-electron chi connectivity index (χ1n) is 5.51. The van der Waals surface area contributed by atoms with Crippen LogP contribution in [0.3, 0.4) is 0 Å². The van der Waals surface area contributed by atoms with Crippen molar-refractivity contribution in [2.75, 3.05) is 0 Å². The van der Waals surface area contributed by atoms with E-state index in [0.717, 1.165) is 0 Å². The van der Waals surface area contributed by atoms with Crippen LogP contribution in [0, 0.1) is 0 Å². The Labute approximate surface area is 95.4 Å². The van der Waals surface area contributed by atoms with E-state index in [1.54, 1.807) is 0 Å². The first kappa shape index (κ1) is 9.37. The predicted octanol–water partition coefficient (Wildman–Crippen LogP) is 2.11. The van der Waals surface area contributed by atoms with E-state index < -0.39 is 0 Å². The van der Waals surface area contributed by atoms with E-state index in [0.29, 0.717) is 0 Å². The van der Waals surface area contributed by atoms with Crippen molar-refractivity contribution in [2.24, 2.45) is 0 Å². The van der Waals surface area contributed by atoms with Crippen LogP contribution in [0.25, 0.3) is 6.08 Å². The Hall–Kier alpha value is -1.86. The monoisotopic (exact) mass is 207 g/mol. The van der Waals surface area contributed by atoms with Crippen LogP contribution >= 0.6 is 0 Å². The maximum absolute atomic E-state index is 3.41. The van der Waals surface area contributed by atoms with Crippen molar-refractivity contribution in [1.82, 2.24) is 0 Å². The van der Waals surface area contributed by atoms with Gasteiger partial charge in [-0.05, 0) is 5.56 Å². The summed E-state index contributed by atoms with van der Waals surface area (Å²) < 4.78 is 0. The zero-order chi connectivity index (χ0) is 10.8. The first-order valence-corrected chi connectivity index (χ1v) is 5.51. The van der Waals surface area contributed by atoms with Gasteiger partial charge >= 0.3 is 0 Å². The summed E-state index contributed by atoms with van der Waals surface area (Å²) in [6.07, 6.45) is 4.15. The molecule has 1 aliphatic rings. The minimum atomic E-state index is 0.280. The largest absolute Gasteiger partial charge is 0.187 e. The summed E-state index contributed by atoms with van der Waals surface area (Å²) >= 11 is 0. The maximum Gasteiger partial charge on any atom is 0.187 e. The van der Waals surface area contributed by atoms with Crippen molar-refractivity contribution < 1.29 is 5.32 Å². The normalized spacial score (nSPS) is 18.1. The molecule has 0 spiro atoms. The lowest BCUT2D eigenvalue weighted by molar-refractivity contribution is -0.623. The van der Waals surface area contributed by atoms with E-state index in [-0.39, 0.29) is 6.04 Å². The Kier molecular flexibility index (Phi) is 2.31. The van der Waals surface area contributed by atoms with Crippen LogP contribution in [0.5, 0.6) is 0 Å². The van der Waals surface area contributed by atoms with Gasteiger partial charge in [0.2, 0.25) is 0 Å². The number of hydrogen-bond donors (Lipinski definition) is 1. The van der Waals surface area contributed by atoms with Crippen LogP contribution < -0.4 is 5.32 Å². The average molecular weight is 207 g/mol. The van der Waals surface area contributed by atoms with Gasteiger partial charge < -0.3 is 0 Å². The minimum absolute atomic E-state index is 0.280. The fourth-order valence-corrected chi connectivity index (χ4v) is 2.17. The van der Waals surface area contributed by atoms with Gasteiger partial charge in [0.15, 0.2) is 6.04 Å². The molecule has 0 aromatic heterocycles. The second-order valence-electron chi connectivity index (χ2n) is 3.97. The van der Waals surface area contributed by atoms with Gasteiger partial charge in [-0.1, -0.05) is 54.6 Å². The summed E-state index contributed by atoms with van der Waals surface area (Å²) in [5.41, 5.74) is 3.95. The van der Waals surface area contributed by atoms with Gasteiger partial charge in [-0.2, -0.15) is 0 Å². The van der Waals surface area contributed by atoms with E-state index >= 15 is 0 Å². The van der Waals surface area contributed by atoms with Crippen molar-refractivity contribution in [3.63, 3.8) is 0 Å². The summed E-state index contributed by atoms with van der Waals surface area (Å²) in [5.74, 6) is 0. The summed E-state index contributed by atoms with van der Waals surface area (Å²) in [4.78, 5) is 0. The van der Waals surface area contributed by atoms with Crippen molar-refractivity contribution in [3.8, 4) is 0 Å². The standard InChI is InChI=1S/C15H13N/c1-2-7-13(8-3-1)15-14-9-5-4-6-12(14)10-11-16-15/h1-11,15-16H/q+1. The molecule has 1 nitrogen and oxygen atoms in total. The molecule has 1 unspecified atom stereocenters. The van der Waals surface area contributed by atoms with Gasteiger partial charge in [-0.3, -0.25) is 0 Å². The number of fused-ring (bicyclic) bond motifs is 1. The Morgan fingerprint density at radius 2 is 1.56 bits per heavy atom. The quantitative estimate of drug-likeness (QED) is 0.737. The Bertz CT molecular complexity index is 514. The molecule has 0 amide bonds. The van der Waals surface area contributed by atoms with E-state index in [4.69, 9.17) is 0 Å². The van der Waals surface area contributed by atoms with E-state index in [9.17, 15) is 0 Å². The van der Waals surface area contributed by atoms with Crippen LogP contribution in [0.15, 0.2) is 60.8 Å². The molecule has 1 N–H and O–H groups in total. The lowest BCUT2D eigenvalue weighted by atomic mass is 9.92. The number of nitrogens with one attached hydrogen (secondary N) is 1. The second kappa shape index (κ2) is 3.95. The molecule has 0 bridgehead atoms. The highest BCUT2D eigenvalue weighted by atomic mass is 14.9. The smallest absolute Gasteiger partial charge is 0.142 e. The summed E-state index contributed by atoms with van der Waals surface area (Å²) in [5, 5.41) is 3.41. The van der Waals surface area contributed by atoms with E-state index in [2.05, 4.69) is 59.9 Å². The van der Waals surface area contributed by atoms with Crippen molar-refractivity contribution in [1.29, 1.82) is 0 Å². The fourth-order valence-electron chi connectivity index (χ4n) is 2.17. The van der Waals surface area contributed by atoms with Crippen LogP contribution in [-0.4, -0.2) is 0 Å². The molecule has 0 saturated carbocycles. The average Bonchev–Trinajstić information content (AvgIpc) is 2.39. The fraction of sp³-hybridized carbons (Fsp3) is 0.0667. The molecular formula is C15H13N+. The van der Waals surface area contributed by atoms with Crippen LogP contribution in [-0.2, 0) is 0 Å². The van der Waals surface area contributed by atoms with E-state index in [1.807, 2.05) is 12.3 Å².